The topological polar surface area (TPSA) is 44.4 Å². The number of amides is 1. The summed E-state index contributed by atoms with van der Waals surface area (Å²) in [6.07, 6.45) is 5.88. The van der Waals surface area contributed by atoms with Gasteiger partial charge in [0.15, 0.2) is 0 Å². The van der Waals surface area contributed by atoms with Gasteiger partial charge < -0.3 is 15.5 Å². The molecule has 0 radical (unpaired) electrons. The molecule has 0 bridgehead atoms. The van der Waals surface area contributed by atoms with Gasteiger partial charge in [-0.25, -0.2) is 0 Å². The number of likely N-dealkylation sites (tertiary alicyclic amines) is 1. The van der Waals surface area contributed by atoms with Crippen molar-refractivity contribution in [2.45, 2.75) is 57.2 Å². The summed E-state index contributed by atoms with van der Waals surface area (Å²) in [7, 11) is 2.17. The van der Waals surface area contributed by atoms with E-state index in [1.807, 2.05) is 6.92 Å². The maximum atomic E-state index is 11.8. The van der Waals surface area contributed by atoms with Crippen LogP contribution in [-0.4, -0.2) is 49.1 Å². The highest BCUT2D eigenvalue weighted by Crippen LogP contribution is 2.18. The van der Waals surface area contributed by atoms with Gasteiger partial charge in [-0.2, -0.15) is 0 Å². The lowest BCUT2D eigenvalue weighted by Crippen LogP contribution is -2.47. The van der Waals surface area contributed by atoms with Crippen LogP contribution in [0, 0.1) is 0 Å². The Balaban J connectivity index is 1.72. The van der Waals surface area contributed by atoms with E-state index < -0.39 is 0 Å². The first-order valence-electron chi connectivity index (χ1n) is 6.90. The van der Waals surface area contributed by atoms with Gasteiger partial charge in [0.2, 0.25) is 5.91 Å². The van der Waals surface area contributed by atoms with Crippen LogP contribution < -0.4 is 10.6 Å². The largest absolute Gasteiger partial charge is 0.352 e. The predicted molar refractivity (Wildman–Crippen MR) is 68.9 cm³/mol. The average molecular weight is 239 g/mol. The van der Waals surface area contributed by atoms with Crippen molar-refractivity contribution in [1.29, 1.82) is 0 Å². The molecule has 0 aromatic carbocycles. The first kappa shape index (κ1) is 12.8. The highest BCUT2D eigenvalue weighted by atomic mass is 16.2. The lowest BCUT2D eigenvalue weighted by Gasteiger charge is -2.21. The fourth-order valence-corrected chi connectivity index (χ4v) is 2.39. The van der Waals surface area contributed by atoms with Crippen molar-refractivity contribution in [3.8, 4) is 0 Å². The Hall–Kier alpha value is -0.610. The molecule has 1 saturated carbocycles. The highest BCUT2D eigenvalue weighted by molar-refractivity contribution is 5.81. The number of hydrogen-bond acceptors (Lipinski definition) is 3. The molecule has 1 aliphatic heterocycles. The summed E-state index contributed by atoms with van der Waals surface area (Å²) in [4.78, 5) is 14.2. The fourth-order valence-electron chi connectivity index (χ4n) is 2.39. The van der Waals surface area contributed by atoms with E-state index in [9.17, 15) is 4.79 Å². The molecule has 17 heavy (non-hydrogen) atoms. The van der Waals surface area contributed by atoms with Crippen molar-refractivity contribution < 1.29 is 4.79 Å². The van der Waals surface area contributed by atoms with Crippen LogP contribution in [0.2, 0.25) is 0 Å². The van der Waals surface area contributed by atoms with Crippen molar-refractivity contribution in [2.75, 3.05) is 20.1 Å². The molecule has 0 spiro atoms. The summed E-state index contributed by atoms with van der Waals surface area (Å²) >= 11 is 0. The molecule has 4 nitrogen and oxygen atoms in total. The minimum Gasteiger partial charge on any atom is -0.352 e. The van der Waals surface area contributed by atoms with Crippen molar-refractivity contribution in [3.05, 3.63) is 0 Å². The SMILES string of the molecule is CC(NC1CCCN(C)CC1)C(=O)NC1CC1. The number of carbonyl (C=O) groups excluding carboxylic acids is 1. The van der Waals surface area contributed by atoms with Gasteiger partial charge in [0, 0.05) is 12.1 Å². The highest BCUT2D eigenvalue weighted by Gasteiger charge is 2.26. The Morgan fingerprint density at radius 1 is 1.18 bits per heavy atom. The van der Waals surface area contributed by atoms with E-state index in [2.05, 4.69) is 22.6 Å². The molecule has 0 aromatic rings. The van der Waals surface area contributed by atoms with E-state index in [0.717, 1.165) is 25.8 Å². The van der Waals surface area contributed by atoms with Crippen LogP contribution in [0.15, 0.2) is 0 Å². The number of nitrogens with one attached hydrogen (secondary N) is 2. The molecule has 2 unspecified atom stereocenters. The molecule has 2 rings (SSSR count). The van der Waals surface area contributed by atoms with Gasteiger partial charge in [-0.1, -0.05) is 0 Å². The zero-order valence-corrected chi connectivity index (χ0v) is 11.0. The summed E-state index contributed by atoms with van der Waals surface area (Å²) in [5, 5.41) is 6.53. The van der Waals surface area contributed by atoms with Crippen LogP contribution in [0.25, 0.3) is 0 Å². The predicted octanol–water partition coefficient (Wildman–Crippen LogP) is 0.727. The van der Waals surface area contributed by atoms with Crippen LogP contribution in [0.4, 0.5) is 0 Å². The monoisotopic (exact) mass is 239 g/mol. The molecule has 1 saturated heterocycles. The Morgan fingerprint density at radius 2 is 1.94 bits per heavy atom. The third-order valence-corrected chi connectivity index (χ3v) is 3.75. The van der Waals surface area contributed by atoms with E-state index in [4.69, 9.17) is 0 Å². The van der Waals surface area contributed by atoms with Gasteiger partial charge in [-0.05, 0) is 59.2 Å². The van der Waals surface area contributed by atoms with Gasteiger partial charge >= 0.3 is 0 Å². The number of nitrogens with zero attached hydrogens (tertiary/aromatic N) is 1. The van der Waals surface area contributed by atoms with E-state index in [1.54, 1.807) is 0 Å². The molecule has 4 heteroatoms. The van der Waals surface area contributed by atoms with Gasteiger partial charge in [-0.3, -0.25) is 4.79 Å². The van der Waals surface area contributed by atoms with Gasteiger partial charge in [0.05, 0.1) is 6.04 Å². The summed E-state index contributed by atoms with van der Waals surface area (Å²) in [6.45, 7) is 4.29. The first-order valence-corrected chi connectivity index (χ1v) is 6.90. The molecule has 2 aliphatic rings. The first-order chi connectivity index (χ1) is 8.15. The zero-order chi connectivity index (χ0) is 12.3. The van der Waals surface area contributed by atoms with Crippen molar-refractivity contribution in [2.24, 2.45) is 0 Å². The lowest BCUT2D eigenvalue weighted by molar-refractivity contribution is -0.123. The van der Waals surface area contributed by atoms with Crippen molar-refractivity contribution in [3.63, 3.8) is 0 Å². The van der Waals surface area contributed by atoms with Crippen LogP contribution in [-0.2, 0) is 4.79 Å². The normalized spacial score (nSPS) is 28.5. The standard InChI is InChI=1S/C13H25N3O/c1-10(13(17)15-12-5-6-12)14-11-4-3-8-16(2)9-7-11/h10-12,14H,3-9H2,1-2H3,(H,15,17). The molecular weight excluding hydrogens is 214 g/mol. The molecule has 0 aromatic heterocycles. The van der Waals surface area contributed by atoms with Crippen LogP contribution in [0.5, 0.6) is 0 Å². The summed E-state index contributed by atoms with van der Waals surface area (Å²) < 4.78 is 0. The van der Waals surface area contributed by atoms with E-state index >= 15 is 0 Å². The molecule has 1 aliphatic carbocycles. The molecule has 2 N–H and O–H groups in total. The van der Waals surface area contributed by atoms with Gasteiger partial charge in [0.25, 0.3) is 0 Å². The molecule has 1 heterocycles. The van der Waals surface area contributed by atoms with E-state index in [0.29, 0.717) is 12.1 Å². The van der Waals surface area contributed by atoms with Gasteiger partial charge in [0.1, 0.15) is 0 Å². The van der Waals surface area contributed by atoms with Crippen molar-refractivity contribution >= 4 is 5.91 Å². The van der Waals surface area contributed by atoms with Crippen molar-refractivity contribution in [1.82, 2.24) is 15.5 Å². The molecular formula is C13H25N3O. The minimum absolute atomic E-state index is 0.0518. The Labute approximate surface area is 104 Å². The molecule has 2 atom stereocenters. The molecule has 1 amide bonds. The Morgan fingerprint density at radius 3 is 2.65 bits per heavy atom. The van der Waals surface area contributed by atoms with Gasteiger partial charge in [-0.15, -0.1) is 0 Å². The molecule has 98 valence electrons. The summed E-state index contributed by atoms with van der Waals surface area (Å²) in [6, 6.07) is 0.913. The second kappa shape index (κ2) is 5.83. The maximum Gasteiger partial charge on any atom is 0.237 e. The van der Waals surface area contributed by atoms with E-state index in [1.165, 1.54) is 19.4 Å². The zero-order valence-electron chi connectivity index (χ0n) is 11.0. The Kier molecular flexibility index (Phi) is 4.40. The second-order valence-corrected chi connectivity index (χ2v) is 5.60. The third kappa shape index (κ3) is 4.28. The quantitative estimate of drug-likeness (QED) is 0.760. The van der Waals surface area contributed by atoms with Crippen LogP contribution in [0.1, 0.15) is 39.0 Å². The number of carbonyl (C=O) groups is 1. The summed E-state index contributed by atoms with van der Waals surface area (Å²) in [5.41, 5.74) is 0. The smallest absolute Gasteiger partial charge is 0.237 e. The maximum absolute atomic E-state index is 11.8. The van der Waals surface area contributed by atoms with Crippen LogP contribution >= 0.6 is 0 Å². The lowest BCUT2D eigenvalue weighted by atomic mass is 10.1. The molecule has 2 fully saturated rings. The number of rotatable bonds is 4. The van der Waals surface area contributed by atoms with Crippen LogP contribution in [0.3, 0.4) is 0 Å². The summed E-state index contributed by atoms with van der Waals surface area (Å²) in [5.74, 6) is 0.171. The average Bonchev–Trinajstić information content (AvgIpc) is 3.09. The fraction of sp³-hybridized carbons (Fsp3) is 0.923. The van der Waals surface area contributed by atoms with E-state index in [-0.39, 0.29) is 11.9 Å². The third-order valence-electron chi connectivity index (χ3n) is 3.75. The number of hydrogen-bond donors (Lipinski definition) is 2. The Bertz CT molecular complexity index is 265. The minimum atomic E-state index is -0.0518. The second-order valence-electron chi connectivity index (χ2n) is 5.60.